The van der Waals surface area contributed by atoms with E-state index in [4.69, 9.17) is 9.47 Å². The van der Waals surface area contributed by atoms with Gasteiger partial charge < -0.3 is 29.9 Å². The third kappa shape index (κ3) is 1.27. The highest BCUT2D eigenvalue weighted by Crippen LogP contribution is 2.71. The number of hydrogen-bond acceptors (Lipinski definition) is 6. The average molecular weight is 298 g/mol. The number of ether oxygens (including phenoxy) is 2. The summed E-state index contributed by atoms with van der Waals surface area (Å²) >= 11 is 0. The molecular formula is C15H22O6. The summed E-state index contributed by atoms with van der Waals surface area (Å²) in [6, 6.07) is 0. The van der Waals surface area contributed by atoms with Crippen LogP contribution in [0.4, 0.5) is 0 Å². The van der Waals surface area contributed by atoms with E-state index in [2.05, 4.69) is 0 Å². The van der Waals surface area contributed by atoms with Crippen LogP contribution in [0.25, 0.3) is 0 Å². The van der Waals surface area contributed by atoms with Crippen LogP contribution in [0.2, 0.25) is 0 Å². The Kier molecular flexibility index (Phi) is 2.60. The van der Waals surface area contributed by atoms with E-state index in [0.29, 0.717) is 6.61 Å². The van der Waals surface area contributed by atoms with E-state index < -0.39 is 47.0 Å². The summed E-state index contributed by atoms with van der Waals surface area (Å²) in [6.07, 6.45) is -1.72. The maximum Gasteiger partial charge on any atom is 0.129 e. The van der Waals surface area contributed by atoms with Gasteiger partial charge in [0.2, 0.25) is 0 Å². The van der Waals surface area contributed by atoms with Crippen molar-refractivity contribution in [2.45, 2.75) is 56.4 Å². The maximum atomic E-state index is 10.7. The van der Waals surface area contributed by atoms with Crippen molar-refractivity contribution in [1.82, 2.24) is 0 Å². The first-order chi connectivity index (χ1) is 9.84. The SMILES string of the molecule is CC1=CC2OC3C(O)C(O)C(C)(C2(CO)CC1O)C31CO1. The van der Waals surface area contributed by atoms with Gasteiger partial charge in [-0.1, -0.05) is 13.0 Å². The molecule has 1 spiro atoms. The van der Waals surface area contributed by atoms with Crippen LogP contribution in [-0.4, -0.2) is 69.8 Å². The molecule has 2 saturated heterocycles. The molecule has 0 aromatic heterocycles. The van der Waals surface area contributed by atoms with E-state index in [1.54, 1.807) is 0 Å². The third-order valence-electron chi connectivity index (χ3n) is 6.67. The lowest BCUT2D eigenvalue weighted by Crippen LogP contribution is -2.67. The standard InChI is InChI=1S/C15H22O6/c1-7-3-9-14(5-16,4-8(7)17)13(2)11(19)10(18)12(21-9)15(13)6-20-15/h3,8-12,16-19H,4-6H2,1-2H3. The summed E-state index contributed by atoms with van der Waals surface area (Å²) in [5, 5.41) is 41.5. The van der Waals surface area contributed by atoms with Gasteiger partial charge in [0.25, 0.3) is 0 Å². The van der Waals surface area contributed by atoms with E-state index in [9.17, 15) is 20.4 Å². The van der Waals surface area contributed by atoms with Gasteiger partial charge in [-0.3, -0.25) is 0 Å². The predicted molar refractivity (Wildman–Crippen MR) is 71.4 cm³/mol. The van der Waals surface area contributed by atoms with Gasteiger partial charge in [0, 0.05) is 10.8 Å². The van der Waals surface area contributed by atoms with Crippen molar-refractivity contribution in [3.05, 3.63) is 11.6 Å². The molecule has 4 aliphatic rings. The lowest BCUT2D eigenvalue weighted by Gasteiger charge is -2.58. The summed E-state index contributed by atoms with van der Waals surface area (Å²) in [4.78, 5) is 0. The minimum absolute atomic E-state index is 0.239. The molecule has 2 aliphatic heterocycles. The van der Waals surface area contributed by atoms with E-state index in [1.165, 1.54) is 0 Å². The van der Waals surface area contributed by atoms with Crippen LogP contribution in [0.3, 0.4) is 0 Å². The molecule has 8 atom stereocenters. The van der Waals surface area contributed by atoms with Crippen LogP contribution in [-0.2, 0) is 9.47 Å². The maximum absolute atomic E-state index is 10.7. The van der Waals surface area contributed by atoms with E-state index in [0.717, 1.165) is 5.57 Å². The fourth-order valence-corrected chi connectivity index (χ4v) is 5.06. The molecule has 3 fully saturated rings. The molecule has 0 aromatic rings. The number of aliphatic hydroxyl groups is 4. The second-order valence-corrected chi connectivity index (χ2v) is 7.24. The second-order valence-electron chi connectivity index (χ2n) is 7.24. The summed E-state index contributed by atoms with van der Waals surface area (Å²) in [6.45, 7) is 3.83. The number of epoxide rings is 1. The molecule has 6 nitrogen and oxygen atoms in total. The smallest absolute Gasteiger partial charge is 0.129 e. The van der Waals surface area contributed by atoms with Gasteiger partial charge in [0.15, 0.2) is 0 Å². The normalized spacial score (nSPS) is 61.6. The summed E-state index contributed by atoms with van der Waals surface area (Å²) in [5.74, 6) is 0. The first-order valence-electron chi connectivity index (χ1n) is 7.47. The molecule has 2 heterocycles. The molecule has 118 valence electrons. The van der Waals surface area contributed by atoms with Gasteiger partial charge >= 0.3 is 0 Å². The molecule has 2 bridgehead atoms. The molecule has 1 saturated carbocycles. The molecular weight excluding hydrogens is 276 g/mol. The summed E-state index contributed by atoms with van der Waals surface area (Å²) < 4.78 is 11.7. The average Bonchev–Trinajstić information content (AvgIpc) is 3.24. The molecule has 2 aliphatic carbocycles. The zero-order valence-corrected chi connectivity index (χ0v) is 12.2. The lowest BCUT2D eigenvalue weighted by molar-refractivity contribution is -0.233. The van der Waals surface area contributed by atoms with Gasteiger partial charge in [0.05, 0.1) is 31.5 Å². The Morgan fingerprint density at radius 1 is 1.33 bits per heavy atom. The van der Waals surface area contributed by atoms with Crippen LogP contribution in [0.5, 0.6) is 0 Å². The molecule has 0 radical (unpaired) electrons. The van der Waals surface area contributed by atoms with Crippen molar-refractivity contribution in [2.24, 2.45) is 10.8 Å². The highest BCUT2D eigenvalue weighted by molar-refractivity contribution is 5.35. The van der Waals surface area contributed by atoms with E-state index >= 15 is 0 Å². The number of aliphatic hydroxyl groups excluding tert-OH is 4. The number of fused-ring (bicyclic) bond motifs is 2. The Hall–Kier alpha value is -0.500. The van der Waals surface area contributed by atoms with Gasteiger partial charge in [-0.2, -0.15) is 0 Å². The van der Waals surface area contributed by atoms with E-state index in [1.807, 2.05) is 19.9 Å². The van der Waals surface area contributed by atoms with Crippen molar-refractivity contribution in [3.8, 4) is 0 Å². The third-order valence-corrected chi connectivity index (χ3v) is 6.67. The topological polar surface area (TPSA) is 103 Å². The molecule has 6 heteroatoms. The van der Waals surface area contributed by atoms with Crippen LogP contribution < -0.4 is 0 Å². The Balaban J connectivity index is 1.92. The first kappa shape index (κ1) is 14.1. The van der Waals surface area contributed by atoms with Crippen molar-refractivity contribution < 1.29 is 29.9 Å². The van der Waals surface area contributed by atoms with Crippen molar-refractivity contribution >= 4 is 0 Å². The highest BCUT2D eigenvalue weighted by atomic mass is 16.6. The Morgan fingerprint density at radius 3 is 2.57 bits per heavy atom. The minimum atomic E-state index is -1.05. The molecule has 0 amide bonds. The molecule has 21 heavy (non-hydrogen) atoms. The van der Waals surface area contributed by atoms with Crippen LogP contribution in [0.15, 0.2) is 11.6 Å². The zero-order chi connectivity index (χ0) is 15.2. The van der Waals surface area contributed by atoms with Crippen molar-refractivity contribution in [3.63, 3.8) is 0 Å². The van der Waals surface area contributed by atoms with E-state index in [-0.39, 0.29) is 13.0 Å². The Bertz CT molecular complexity index is 514. The zero-order valence-electron chi connectivity index (χ0n) is 12.2. The Morgan fingerprint density at radius 2 is 2.00 bits per heavy atom. The predicted octanol–water partition coefficient (Wildman–Crippen LogP) is -1.05. The minimum Gasteiger partial charge on any atom is -0.396 e. The number of rotatable bonds is 1. The lowest BCUT2D eigenvalue weighted by atomic mass is 9.51. The van der Waals surface area contributed by atoms with Gasteiger partial charge in [-0.15, -0.1) is 0 Å². The monoisotopic (exact) mass is 298 g/mol. The Labute approximate surface area is 123 Å². The quantitative estimate of drug-likeness (QED) is 0.364. The molecule has 0 aromatic carbocycles. The van der Waals surface area contributed by atoms with Crippen LogP contribution in [0, 0.1) is 10.8 Å². The molecule has 4 N–H and O–H groups in total. The summed E-state index contributed by atoms with van der Waals surface area (Å²) in [5.41, 5.74) is -1.69. The number of hydrogen-bond donors (Lipinski definition) is 4. The largest absolute Gasteiger partial charge is 0.396 e. The fraction of sp³-hybridized carbons (Fsp3) is 0.867. The second kappa shape index (κ2) is 3.88. The fourth-order valence-electron chi connectivity index (χ4n) is 5.06. The first-order valence-corrected chi connectivity index (χ1v) is 7.47. The van der Waals surface area contributed by atoms with Gasteiger partial charge in [-0.05, 0) is 18.9 Å². The van der Waals surface area contributed by atoms with Crippen LogP contribution in [0.1, 0.15) is 20.3 Å². The van der Waals surface area contributed by atoms with Crippen molar-refractivity contribution in [1.29, 1.82) is 0 Å². The molecule has 4 rings (SSSR count). The highest BCUT2D eigenvalue weighted by Gasteiger charge is 2.84. The summed E-state index contributed by atoms with van der Waals surface area (Å²) in [7, 11) is 0. The van der Waals surface area contributed by atoms with Crippen molar-refractivity contribution in [2.75, 3.05) is 13.2 Å². The molecule has 8 unspecified atom stereocenters. The van der Waals surface area contributed by atoms with Gasteiger partial charge in [-0.25, -0.2) is 0 Å². The van der Waals surface area contributed by atoms with Crippen LogP contribution >= 0.6 is 0 Å². The van der Waals surface area contributed by atoms with Gasteiger partial charge in [0.1, 0.15) is 17.8 Å².